The molecule has 0 spiro atoms. The minimum absolute atomic E-state index is 0.312. The molecule has 0 aliphatic heterocycles. The predicted octanol–water partition coefficient (Wildman–Crippen LogP) is 5.16. The summed E-state index contributed by atoms with van der Waals surface area (Å²) < 4.78 is 77.5. The molecule has 0 N–H and O–H groups in total. The first-order chi connectivity index (χ1) is 9.10. The van der Waals surface area contributed by atoms with Crippen LogP contribution in [-0.2, 0) is 12.4 Å². The second-order valence-corrected chi connectivity index (χ2v) is 5.04. The van der Waals surface area contributed by atoms with Crippen LogP contribution in [0.4, 0.5) is 26.3 Å². The molecule has 0 bridgehead atoms. The number of benzene rings is 1. The van der Waals surface area contributed by atoms with Crippen LogP contribution in [0, 0.1) is 6.92 Å². The van der Waals surface area contributed by atoms with Crippen molar-refractivity contribution in [1.82, 2.24) is 4.98 Å². The van der Waals surface area contributed by atoms with E-state index in [1.54, 1.807) is 0 Å². The van der Waals surface area contributed by atoms with Crippen LogP contribution in [0.5, 0.6) is 0 Å². The van der Waals surface area contributed by atoms with Gasteiger partial charge in [0.25, 0.3) is 0 Å². The molecule has 0 atom stereocenters. The predicted molar refractivity (Wildman–Crippen MR) is 62.3 cm³/mol. The van der Waals surface area contributed by atoms with E-state index in [1.165, 1.54) is 12.3 Å². The molecular formula is C12H7F6NS. The van der Waals surface area contributed by atoms with Gasteiger partial charge in [-0.3, -0.25) is 0 Å². The van der Waals surface area contributed by atoms with E-state index in [2.05, 4.69) is 4.98 Å². The second kappa shape index (κ2) is 4.76. The topological polar surface area (TPSA) is 12.9 Å². The summed E-state index contributed by atoms with van der Waals surface area (Å²) in [4.78, 5) is 3.75. The van der Waals surface area contributed by atoms with E-state index < -0.39 is 29.0 Å². The quantitative estimate of drug-likeness (QED) is 0.663. The zero-order valence-electron chi connectivity index (χ0n) is 9.93. The number of hydrogen-bond acceptors (Lipinski definition) is 2. The van der Waals surface area contributed by atoms with E-state index in [9.17, 15) is 26.3 Å². The maximum Gasteiger partial charge on any atom is 0.417 e. The lowest BCUT2D eigenvalue weighted by atomic mass is 9.98. The lowest BCUT2D eigenvalue weighted by Gasteiger charge is -2.17. The average molecular weight is 311 g/mol. The van der Waals surface area contributed by atoms with Crippen molar-refractivity contribution in [3.63, 3.8) is 0 Å². The lowest BCUT2D eigenvalue weighted by molar-refractivity contribution is -0.142. The highest BCUT2D eigenvalue weighted by molar-refractivity contribution is 7.09. The third kappa shape index (κ3) is 2.79. The average Bonchev–Trinajstić information content (AvgIpc) is 2.72. The van der Waals surface area contributed by atoms with Gasteiger partial charge in [-0.15, -0.1) is 11.3 Å². The first-order valence-electron chi connectivity index (χ1n) is 5.30. The van der Waals surface area contributed by atoms with Gasteiger partial charge >= 0.3 is 12.4 Å². The van der Waals surface area contributed by atoms with Crippen molar-refractivity contribution >= 4 is 11.3 Å². The van der Waals surface area contributed by atoms with Gasteiger partial charge in [0, 0.05) is 10.9 Å². The first-order valence-corrected chi connectivity index (χ1v) is 6.18. The molecule has 0 aliphatic rings. The van der Waals surface area contributed by atoms with Crippen LogP contribution >= 0.6 is 11.3 Å². The zero-order chi connectivity index (χ0) is 15.1. The number of aromatic nitrogens is 1. The Labute approximate surface area is 113 Å². The molecule has 1 aromatic heterocycles. The van der Waals surface area contributed by atoms with Crippen LogP contribution in [0.15, 0.2) is 23.6 Å². The highest BCUT2D eigenvalue weighted by atomic mass is 32.1. The molecule has 0 saturated heterocycles. The van der Waals surface area contributed by atoms with Crippen LogP contribution in [0.3, 0.4) is 0 Å². The fraction of sp³-hybridized carbons (Fsp3) is 0.250. The van der Waals surface area contributed by atoms with Gasteiger partial charge in [0.15, 0.2) is 0 Å². The molecule has 0 fully saturated rings. The summed E-state index contributed by atoms with van der Waals surface area (Å²) in [6.45, 7) is 1.51. The summed E-state index contributed by atoms with van der Waals surface area (Å²) in [5.41, 5.74) is -3.90. The Morgan fingerprint density at radius 1 is 0.950 bits per heavy atom. The largest absolute Gasteiger partial charge is 0.417 e. The van der Waals surface area contributed by atoms with Crippen molar-refractivity contribution in [3.8, 4) is 11.3 Å². The molecule has 2 rings (SSSR count). The van der Waals surface area contributed by atoms with E-state index in [-0.39, 0.29) is 5.69 Å². The van der Waals surface area contributed by atoms with Crippen molar-refractivity contribution < 1.29 is 26.3 Å². The summed E-state index contributed by atoms with van der Waals surface area (Å²) in [6, 6.07) is 1.99. The van der Waals surface area contributed by atoms with E-state index in [0.717, 1.165) is 17.4 Å². The van der Waals surface area contributed by atoms with Crippen LogP contribution in [0.2, 0.25) is 0 Å². The van der Waals surface area contributed by atoms with E-state index in [0.29, 0.717) is 17.1 Å². The maximum atomic E-state index is 12.9. The van der Waals surface area contributed by atoms with E-state index >= 15 is 0 Å². The summed E-state index contributed by atoms with van der Waals surface area (Å²) in [5, 5.41) is 1.58. The molecule has 1 aromatic carbocycles. The summed E-state index contributed by atoms with van der Waals surface area (Å²) in [5.74, 6) is 0. The van der Waals surface area contributed by atoms with Gasteiger partial charge in [0.2, 0.25) is 0 Å². The lowest BCUT2D eigenvalue weighted by Crippen LogP contribution is -2.14. The van der Waals surface area contributed by atoms with Crippen LogP contribution in [-0.4, -0.2) is 4.98 Å². The van der Waals surface area contributed by atoms with Crippen LogP contribution in [0.1, 0.15) is 16.1 Å². The summed E-state index contributed by atoms with van der Waals surface area (Å²) >= 11 is 0.992. The number of thiazole rings is 1. The number of aryl methyl sites for hydroxylation is 1. The van der Waals surface area contributed by atoms with Gasteiger partial charge in [-0.1, -0.05) is 6.07 Å². The fourth-order valence-electron chi connectivity index (χ4n) is 1.78. The monoisotopic (exact) mass is 311 g/mol. The van der Waals surface area contributed by atoms with Gasteiger partial charge < -0.3 is 0 Å². The zero-order valence-corrected chi connectivity index (χ0v) is 10.7. The van der Waals surface area contributed by atoms with Crippen LogP contribution in [0.25, 0.3) is 11.3 Å². The smallest absolute Gasteiger partial charge is 0.242 e. The Morgan fingerprint density at radius 3 is 1.80 bits per heavy atom. The standard InChI is InChI=1S/C12H7F6NS/c1-6-19-9(5-20-6)10-7(11(13,14)15)3-2-4-8(10)12(16,17)18/h2-5H,1H3. The van der Waals surface area contributed by atoms with E-state index in [4.69, 9.17) is 0 Å². The SMILES string of the molecule is Cc1nc(-c2c(C(F)(F)F)cccc2C(F)(F)F)cs1. The molecule has 0 amide bonds. The van der Waals surface area contributed by atoms with E-state index in [1.807, 2.05) is 0 Å². The molecule has 1 heterocycles. The highest BCUT2D eigenvalue weighted by Crippen LogP contribution is 2.44. The molecule has 1 nitrogen and oxygen atoms in total. The summed E-state index contributed by atoms with van der Waals surface area (Å²) in [7, 11) is 0. The molecule has 0 aliphatic carbocycles. The second-order valence-electron chi connectivity index (χ2n) is 3.98. The van der Waals surface area contributed by atoms with Gasteiger partial charge in [-0.25, -0.2) is 4.98 Å². The maximum absolute atomic E-state index is 12.9. The normalized spacial score (nSPS) is 12.8. The number of alkyl halides is 6. The first kappa shape index (κ1) is 14.8. The molecule has 0 radical (unpaired) electrons. The molecule has 2 aromatic rings. The Bertz CT molecular complexity index is 593. The van der Waals surface area contributed by atoms with Gasteiger partial charge in [-0.2, -0.15) is 26.3 Å². The third-order valence-corrected chi connectivity index (χ3v) is 3.32. The van der Waals surface area contributed by atoms with Crippen molar-refractivity contribution in [2.75, 3.05) is 0 Å². The van der Waals surface area contributed by atoms with Gasteiger partial charge in [0.05, 0.1) is 21.8 Å². The highest BCUT2D eigenvalue weighted by Gasteiger charge is 2.41. The van der Waals surface area contributed by atoms with Gasteiger partial charge in [-0.05, 0) is 19.1 Å². The molecule has 20 heavy (non-hydrogen) atoms. The molecular weight excluding hydrogens is 304 g/mol. The summed E-state index contributed by atoms with van der Waals surface area (Å²) in [6.07, 6.45) is -9.76. The van der Waals surface area contributed by atoms with Crippen molar-refractivity contribution in [2.45, 2.75) is 19.3 Å². The molecule has 8 heteroatoms. The number of nitrogens with zero attached hydrogens (tertiary/aromatic N) is 1. The van der Waals surface area contributed by atoms with Crippen molar-refractivity contribution in [2.24, 2.45) is 0 Å². The van der Waals surface area contributed by atoms with Crippen molar-refractivity contribution in [1.29, 1.82) is 0 Å². The minimum Gasteiger partial charge on any atom is -0.242 e. The Hall–Kier alpha value is -1.57. The number of halogens is 6. The fourth-order valence-corrected chi connectivity index (χ4v) is 2.38. The molecule has 108 valence electrons. The molecule has 0 unspecified atom stereocenters. The Kier molecular flexibility index (Phi) is 3.53. The third-order valence-electron chi connectivity index (χ3n) is 2.55. The molecule has 0 saturated carbocycles. The van der Waals surface area contributed by atoms with Gasteiger partial charge in [0.1, 0.15) is 0 Å². The van der Waals surface area contributed by atoms with Crippen LogP contribution < -0.4 is 0 Å². The van der Waals surface area contributed by atoms with Crippen molar-refractivity contribution in [3.05, 3.63) is 39.7 Å². The number of rotatable bonds is 1. The number of hydrogen-bond donors (Lipinski definition) is 0. The minimum atomic E-state index is -4.88. The Morgan fingerprint density at radius 2 is 1.45 bits per heavy atom. The Balaban J connectivity index is 2.79.